The van der Waals surface area contributed by atoms with Crippen LogP contribution in [0.25, 0.3) is 0 Å². The number of carbonyl (C=O) groups is 1. The maximum Gasteiger partial charge on any atom is 0.323 e. The van der Waals surface area contributed by atoms with E-state index in [9.17, 15) is 9.59 Å². The predicted molar refractivity (Wildman–Crippen MR) is 52.5 cm³/mol. The van der Waals surface area contributed by atoms with Gasteiger partial charge >= 0.3 is 5.97 Å². The van der Waals surface area contributed by atoms with Crippen molar-refractivity contribution in [2.24, 2.45) is 0 Å². The van der Waals surface area contributed by atoms with E-state index in [2.05, 4.69) is 0 Å². The first-order valence-corrected chi connectivity index (χ1v) is 4.30. The molecule has 0 aliphatic heterocycles. The van der Waals surface area contributed by atoms with E-state index in [1.807, 2.05) is 0 Å². The van der Waals surface area contributed by atoms with Gasteiger partial charge in [0.25, 0.3) is 0 Å². The number of rotatable bonds is 2. The molecule has 0 aliphatic carbocycles. The Balaban J connectivity index is 3.47. The number of carboxylic acids is 1. The molecular weight excluding hydrogens is 196 g/mol. The van der Waals surface area contributed by atoms with Crippen molar-refractivity contribution in [3.05, 3.63) is 33.2 Å². The summed E-state index contributed by atoms with van der Waals surface area (Å²) in [4.78, 5) is 21.9. The molecule has 1 heterocycles. The minimum Gasteiger partial charge on any atom is -0.480 e. The summed E-state index contributed by atoms with van der Waals surface area (Å²) in [6.45, 7) is 2.96. The molecule has 1 rings (SSSR count). The summed E-state index contributed by atoms with van der Waals surface area (Å²) in [5.74, 6) is -1.01. The van der Waals surface area contributed by atoms with Crippen LogP contribution in [-0.4, -0.2) is 15.6 Å². The molecule has 0 saturated heterocycles. The summed E-state index contributed by atoms with van der Waals surface area (Å²) >= 11 is 0. The standard InChI is InChI=1S/C10H10N2O3/c1-6-3-9(13)8(4-11)7(2)12(6)5-10(14)15/h3H,5H2,1-2H3,(H,14,15). The van der Waals surface area contributed by atoms with E-state index in [1.165, 1.54) is 10.6 Å². The van der Waals surface area contributed by atoms with Gasteiger partial charge in [-0.25, -0.2) is 0 Å². The molecule has 1 N–H and O–H groups in total. The molecule has 78 valence electrons. The van der Waals surface area contributed by atoms with Crippen LogP contribution in [-0.2, 0) is 11.3 Å². The van der Waals surface area contributed by atoms with Gasteiger partial charge in [0.15, 0.2) is 5.43 Å². The van der Waals surface area contributed by atoms with Crippen LogP contribution in [0, 0.1) is 25.2 Å². The molecule has 0 atom stereocenters. The molecule has 1 aromatic rings. The average molecular weight is 206 g/mol. The normalized spacial score (nSPS) is 9.67. The minimum absolute atomic E-state index is 0.00171. The Hall–Kier alpha value is -2.09. The number of aromatic nitrogens is 1. The summed E-state index contributed by atoms with van der Waals surface area (Å²) < 4.78 is 1.43. The first-order valence-electron chi connectivity index (χ1n) is 4.30. The molecule has 15 heavy (non-hydrogen) atoms. The molecule has 5 heteroatoms. The Morgan fingerprint density at radius 2 is 2.20 bits per heavy atom. The lowest BCUT2D eigenvalue weighted by molar-refractivity contribution is -0.137. The lowest BCUT2D eigenvalue weighted by Gasteiger charge is -2.12. The number of carboxylic acid groups (broad SMARTS) is 1. The zero-order valence-electron chi connectivity index (χ0n) is 8.44. The van der Waals surface area contributed by atoms with Crippen molar-refractivity contribution in [1.82, 2.24) is 4.57 Å². The maximum absolute atomic E-state index is 11.3. The van der Waals surface area contributed by atoms with Gasteiger partial charge in [-0.2, -0.15) is 5.26 Å². The van der Waals surface area contributed by atoms with E-state index in [1.54, 1.807) is 19.9 Å². The highest BCUT2D eigenvalue weighted by molar-refractivity contribution is 5.67. The van der Waals surface area contributed by atoms with Crippen LogP contribution in [0.2, 0.25) is 0 Å². The molecule has 1 aromatic heterocycles. The Morgan fingerprint density at radius 3 is 2.67 bits per heavy atom. The first-order chi connectivity index (χ1) is 6.97. The van der Waals surface area contributed by atoms with Crippen molar-refractivity contribution in [2.45, 2.75) is 20.4 Å². The monoisotopic (exact) mass is 206 g/mol. The van der Waals surface area contributed by atoms with Crippen molar-refractivity contribution in [3.63, 3.8) is 0 Å². The second kappa shape index (κ2) is 3.96. The Morgan fingerprint density at radius 1 is 1.60 bits per heavy atom. The van der Waals surface area contributed by atoms with Gasteiger partial charge in [-0.05, 0) is 13.8 Å². The third kappa shape index (κ3) is 2.05. The minimum atomic E-state index is -1.01. The Kier molecular flexibility index (Phi) is 2.90. The van der Waals surface area contributed by atoms with Crippen LogP contribution in [0.4, 0.5) is 0 Å². The van der Waals surface area contributed by atoms with E-state index in [0.717, 1.165) is 0 Å². The smallest absolute Gasteiger partial charge is 0.323 e. The van der Waals surface area contributed by atoms with Gasteiger partial charge < -0.3 is 9.67 Å². The lowest BCUT2D eigenvalue weighted by atomic mass is 10.2. The largest absolute Gasteiger partial charge is 0.480 e. The van der Waals surface area contributed by atoms with E-state index < -0.39 is 5.97 Å². The van der Waals surface area contributed by atoms with Gasteiger partial charge in [-0.3, -0.25) is 9.59 Å². The molecule has 0 aromatic carbocycles. The molecule has 0 bridgehead atoms. The number of aliphatic carboxylic acids is 1. The summed E-state index contributed by atoms with van der Waals surface area (Å²) in [5.41, 5.74) is 0.569. The Bertz CT molecular complexity index is 509. The van der Waals surface area contributed by atoms with Crippen LogP contribution < -0.4 is 5.43 Å². The zero-order chi connectivity index (χ0) is 11.6. The third-order valence-corrected chi connectivity index (χ3v) is 2.18. The summed E-state index contributed by atoms with van der Waals surface area (Å²) in [7, 11) is 0. The fourth-order valence-corrected chi connectivity index (χ4v) is 1.43. The highest BCUT2D eigenvalue weighted by Gasteiger charge is 2.11. The molecular formula is C10H10N2O3. The quantitative estimate of drug-likeness (QED) is 0.760. The molecule has 0 aliphatic rings. The van der Waals surface area contributed by atoms with E-state index >= 15 is 0 Å². The number of nitriles is 1. The number of pyridine rings is 1. The molecule has 0 amide bonds. The van der Waals surface area contributed by atoms with Crippen LogP contribution in [0.1, 0.15) is 17.0 Å². The molecule has 5 nitrogen and oxygen atoms in total. The third-order valence-electron chi connectivity index (χ3n) is 2.18. The van der Waals surface area contributed by atoms with E-state index in [0.29, 0.717) is 11.4 Å². The molecule has 0 radical (unpaired) electrons. The van der Waals surface area contributed by atoms with Gasteiger partial charge in [0, 0.05) is 17.5 Å². The zero-order valence-corrected chi connectivity index (χ0v) is 8.44. The van der Waals surface area contributed by atoms with Crippen LogP contribution in [0.15, 0.2) is 10.9 Å². The second-order valence-corrected chi connectivity index (χ2v) is 3.20. The predicted octanol–water partition coefficient (Wildman–Crippen LogP) is 0.421. The van der Waals surface area contributed by atoms with Gasteiger partial charge in [-0.1, -0.05) is 0 Å². The van der Waals surface area contributed by atoms with Crippen molar-refractivity contribution in [3.8, 4) is 6.07 Å². The molecule has 0 spiro atoms. The highest BCUT2D eigenvalue weighted by Crippen LogP contribution is 2.06. The van der Waals surface area contributed by atoms with Crippen LogP contribution >= 0.6 is 0 Å². The fraction of sp³-hybridized carbons (Fsp3) is 0.300. The highest BCUT2D eigenvalue weighted by atomic mass is 16.4. The van der Waals surface area contributed by atoms with Gasteiger partial charge in [0.2, 0.25) is 0 Å². The van der Waals surface area contributed by atoms with E-state index in [-0.39, 0.29) is 17.5 Å². The van der Waals surface area contributed by atoms with Crippen molar-refractivity contribution in [1.29, 1.82) is 5.26 Å². The van der Waals surface area contributed by atoms with Crippen LogP contribution in [0.3, 0.4) is 0 Å². The number of hydrogen-bond donors (Lipinski definition) is 1. The SMILES string of the molecule is Cc1cc(=O)c(C#N)c(C)n1CC(=O)O. The summed E-state index contributed by atoms with van der Waals surface area (Å²) in [6.07, 6.45) is 0. The maximum atomic E-state index is 11.3. The van der Waals surface area contributed by atoms with Crippen LogP contribution in [0.5, 0.6) is 0 Å². The molecule has 0 fully saturated rings. The van der Waals surface area contributed by atoms with Crippen molar-refractivity contribution in [2.75, 3.05) is 0 Å². The van der Waals surface area contributed by atoms with Gasteiger partial charge in [-0.15, -0.1) is 0 Å². The number of aryl methyl sites for hydroxylation is 1. The summed E-state index contributed by atoms with van der Waals surface area (Å²) in [6, 6.07) is 3.05. The molecule has 0 unspecified atom stereocenters. The van der Waals surface area contributed by atoms with Gasteiger partial charge in [0.05, 0.1) is 0 Å². The fourth-order valence-electron chi connectivity index (χ4n) is 1.43. The summed E-state index contributed by atoms with van der Waals surface area (Å²) in [5, 5.41) is 17.4. The topological polar surface area (TPSA) is 83.1 Å². The lowest BCUT2D eigenvalue weighted by Crippen LogP contribution is -2.21. The van der Waals surface area contributed by atoms with E-state index in [4.69, 9.17) is 10.4 Å². The molecule has 0 saturated carbocycles. The second-order valence-electron chi connectivity index (χ2n) is 3.20. The van der Waals surface area contributed by atoms with Crippen molar-refractivity contribution >= 4 is 5.97 Å². The van der Waals surface area contributed by atoms with Gasteiger partial charge in [0.1, 0.15) is 18.2 Å². The first kappa shape index (κ1) is 11.0. The number of nitrogens with zero attached hydrogens (tertiary/aromatic N) is 2. The Labute approximate surface area is 86.2 Å². The van der Waals surface area contributed by atoms with Crippen molar-refractivity contribution < 1.29 is 9.90 Å². The number of hydrogen-bond acceptors (Lipinski definition) is 3. The average Bonchev–Trinajstić information content (AvgIpc) is 2.12.